The number of hydrogen-bond donors (Lipinski definition) is 1. The lowest BCUT2D eigenvalue weighted by atomic mass is 9.85. The first-order valence-corrected chi connectivity index (χ1v) is 8.90. The molecule has 0 aliphatic carbocycles. The van der Waals surface area contributed by atoms with E-state index in [1.54, 1.807) is 41.3 Å². The van der Waals surface area contributed by atoms with Gasteiger partial charge in [0.1, 0.15) is 5.58 Å². The standard InChI is InChI=1S/C21H16N2O4/c1-2-11-23-14-9-5-4-8-13(14)21(20(23)26)16-17(24)12-7-3-6-10-15(12)27-18(16)19(25)22-21/h3-10H,2,11H2,1H3,(H,22,25)/t21-/m1/s1. The summed E-state index contributed by atoms with van der Waals surface area (Å²) in [4.78, 5) is 41.2. The second-order valence-corrected chi connectivity index (χ2v) is 6.81. The van der Waals surface area contributed by atoms with Crippen molar-refractivity contribution in [3.8, 4) is 0 Å². The quantitative estimate of drug-likeness (QED) is 0.762. The smallest absolute Gasteiger partial charge is 0.288 e. The van der Waals surface area contributed by atoms with E-state index in [1.807, 2.05) is 19.1 Å². The lowest BCUT2D eigenvalue weighted by Crippen LogP contribution is -2.51. The van der Waals surface area contributed by atoms with Crippen molar-refractivity contribution in [2.75, 3.05) is 11.4 Å². The Morgan fingerprint density at radius 2 is 1.78 bits per heavy atom. The van der Waals surface area contributed by atoms with Crippen LogP contribution in [0.3, 0.4) is 0 Å². The third-order valence-corrected chi connectivity index (χ3v) is 5.29. The number of hydrogen-bond acceptors (Lipinski definition) is 4. The molecule has 2 amide bonds. The van der Waals surface area contributed by atoms with E-state index >= 15 is 0 Å². The zero-order valence-electron chi connectivity index (χ0n) is 14.6. The van der Waals surface area contributed by atoms with Gasteiger partial charge in [-0.1, -0.05) is 37.3 Å². The minimum atomic E-state index is -1.53. The van der Waals surface area contributed by atoms with Crippen LogP contribution >= 0.6 is 0 Å². The average Bonchev–Trinajstić information content (AvgIpc) is 3.11. The van der Waals surface area contributed by atoms with Gasteiger partial charge in [-0.2, -0.15) is 0 Å². The Hall–Kier alpha value is -3.41. The summed E-state index contributed by atoms with van der Waals surface area (Å²) in [7, 11) is 0. The van der Waals surface area contributed by atoms with E-state index in [4.69, 9.17) is 4.42 Å². The van der Waals surface area contributed by atoms with E-state index in [1.165, 1.54) is 0 Å². The van der Waals surface area contributed by atoms with Gasteiger partial charge < -0.3 is 14.6 Å². The molecule has 0 fully saturated rings. The van der Waals surface area contributed by atoms with Crippen LogP contribution in [0.1, 0.15) is 35.0 Å². The predicted molar refractivity (Wildman–Crippen MR) is 99.8 cm³/mol. The van der Waals surface area contributed by atoms with E-state index < -0.39 is 11.4 Å². The minimum Gasteiger partial charge on any atom is -0.450 e. The number of nitrogens with zero attached hydrogens (tertiary/aromatic N) is 1. The van der Waals surface area contributed by atoms with E-state index in [9.17, 15) is 14.4 Å². The zero-order valence-corrected chi connectivity index (χ0v) is 14.6. The summed E-state index contributed by atoms with van der Waals surface area (Å²) in [5, 5.41) is 3.13. The molecule has 6 nitrogen and oxygen atoms in total. The van der Waals surface area contributed by atoms with Crippen LogP contribution in [-0.2, 0) is 10.3 Å². The summed E-state index contributed by atoms with van der Waals surface area (Å²) in [6, 6.07) is 14.0. The molecule has 2 aliphatic rings. The first kappa shape index (κ1) is 15.8. The third kappa shape index (κ3) is 1.82. The van der Waals surface area contributed by atoms with Gasteiger partial charge in [0, 0.05) is 12.1 Å². The van der Waals surface area contributed by atoms with E-state index in [2.05, 4.69) is 5.32 Å². The summed E-state index contributed by atoms with van der Waals surface area (Å²) >= 11 is 0. The highest BCUT2D eigenvalue weighted by Crippen LogP contribution is 2.47. The Balaban J connectivity index is 1.89. The third-order valence-electron chi connectivity index (χ3n) is 5.29. The molecule has 5 rings (SSSR count). The molecular formula is C21H16N2O4. The monoisotopic (exact) mass is 360 g/mol. The van der Waals surface area contributed by atoms with Crippen LogP contribution in [0.15, 0.2) is 57.7 Å². The molecule has 1 spiro atoms. The van der Waals surface area contributed by atoms with Crippen LogP contribution in [0.4, 0.5) is 5.69 Å². The topological polar surface area (TPSA) is 79.6 Å². The van der Waals surface area contributed by atoms with Crippen LogP contribution in [0.5, 0.6) is 0 Å². The first-order valence-electron chi connectivity index (χ1n) is 8.90. The molecule has 27 heavy (non-hydrogen) atoms. The van der Waals surface area contributed by atoms with Crippen LogP contribution in [0.25, 0.3) is 11.0 Å². The molecule has 1 aromatic heterocycles. The molecule has 0 radical (unpaired) electrons. The molecule has 0 bridgehead atoms. The number of carbonyl (C=O) groups excluding carboxylic acids is 2. The Kier molecular flexibility index (Phi) is 3.10. The fraction of sp³-hybridized carbons (Fsp3) is 0.190. The largest absolute Gasteiger partial charge is 0.450 e. The molecule has 0 saturated heterocycles. The number of para-hydroxylation sites is 2. The van der Waals surface area contributed by atoms with E-state index in [0.717, 1.165) is 6.42 Å². The second kappa shape index (κ2) is 5.30. The maximum atomic E-state index is 13.5. The lowest BCUT2D eigenvalue weighted by Gasteiger charge is -2.24. The number of fused-ring (bicyclic) bond motifs is 5. The van der Waals surface area contributed by atoms with Gasteiger partial charge in [0.2, 0.25) is 5.76 Å². The molecule has 134 valence electrons. The van der Waals surface area contributed by atoms with Crippen LogP contribution in [-0.4, -0.2) is 18.4 Å². The Morgan fingerprint density at radius 1 is 1.04 bits per heavy atom. The Morgan fingerprint density at radius 3 is 2.59 bits per heavy atom. The fourth-order valence-corrected chi connectivity index (χ4v) is 4.19. The maximum absolute atomic E-state index is 13.5. The number of nitrogens with one attached hydrogen (secondary N) is 1. The van der Waals surface area contributed by atoms with Gasteiger partial charge in [0.05, 0.1) is 16.6 Å². The zero-order chi connectivity index (χ0) is 18.8. The molecule has 3 aromatic rings. The average molecular weight is 360 g/mol. The molecule has 2 aromatic carbocycles. The normalized spacial score (nSPS) is 20.3. The Labute approximate surface area is 154 Å². The van der Waals surface area contributed by atoms with Crippen molar-refractivity contribution < 1.29 is 14.0 Å². The van der Waals surface area contributed by atoms with E-state index in [0.29, 0.717) is 28.8 Å². The van der Waals surface area contributed by atoms with Crippen molar-refractivity contribution >= 4 is 28.5 Å². The highest BCUT2D eigenvalue weighted by Gasteiger charge is 2.60. The van der Waals surface area contributed by atoms with Crippen molar-refractivity contribution in [3.05, 3.63) is 75.6 Å². The maximum Gasteiger partial charge on any atom is 0.288 e. The highest BCUT2D eigenvalue weighted by atomic mass is 16.3. The molecule has 0 saturated carbocycles. The summed E-state index contributed by atoms with van der Waals surface area (Å²) in [6.07, 6.45) is 0.753. The summed E-state index contributed by atoms with van der Waals surface area (Å²) in [5.41, 5.74) is -0.141. The predicted octanol–water partition coefficient (Wildman–Crippen LogP) is 2.54. The van der Waals surface area contributed by atoms with Gasteiger partial charge >= 0.3 is 0 Å². The van der Waals surface area contributed by atoms with Gasteiger partial charge in [0.15, 0.2) is 11.0 Å². The van der Waals surface area contributed by atoms with Crippen molar-refractivity contribution in [2.24, 2.45) is 0 Å². The summed E-state index contributed by atoms with van der Waals surface area (Å²) in [5.74, 6) is -0.949. The van der Waals surface area contributed by atoms with Crippen molar-refractivity contribution in [1.82, 2.24) is 5.32 Å². The lowest BCUT2D eigenvalue weighted by molar-refractivity contribution is -0.122. The minimum absolute atomic E-state index is 0.0831. The molecule has 6 heteroatoms. The summed E-state index contributed by atoms with van der Waals surface area (Å²) in [6.45, 7) is 2.48. The van der Waals surface area contributed by atoms with Gasteiger partial charge in [-0.15, -0.1) is 0 Å². The van der Waals surface area contributed by atoms with Crippen LogP contribution < -0.4 is 15.6 Å². The van der Waals surface area contributed by atoms with Gasteiger partial charge in [0.25, 0.3) is 11.8 Å². The summed E-state index contributed by atoms with van der Waals surface area (Å²) < 4.78 is 5.76. The molecule has 1 N–H and O–H groups in total. The van der Waals surface area contributed by atoms with Gasteiger partial charge in [-0.3, -0.25) is 14.4 Å². The van der Waals surface area contributed by atoms with Crippen LogP contribution in [0.2, 0.25) is 0 Å². The van der Waals surface area contributed by atoms with Crippen molar-refractivity contribution in [2.45, 2.75) is 18.9 Å². The molecule has 2 aliphatic heterocycles. The Bertz CT molecular complexity index is 1200. The van der Waals surface area contributed by atoms with Crippen molar-refractivity contribution in [3.63, 3.8) is 0 Å². The molecule has 0 unspecified atom stereocenters. The number of anilines is 1. The molecule has 3 heterocycles. The SMILES string of the molecule is CCCN1C(=O)[C@@]2(NC(=O)c3oc4ccccc4c(=O)c32)c2ccccc21. The second-order valence-electron chi connectivity index (χ2n) is 6.81. The number of carbonyl (C=O) groups is 2. The van der Waals surface area contributed by atoms with Crippen LogP contribution in [0, 0.1) is 0 Å². The fourth-order valence-electron chi connectivity index (χ4n) is 4.19. The molecular weight excluding hydrogens is 344 g/mol. The number of benzene rings is 2. The van der Waals surface area contributed by atoms with Gasteiger partial charge in [-0.25, -0.2) is 0 Å². The highest BCUT2D eigenvalue weighted by molar-refractivity contribution is 6.17. The first-order chi connectivity index (χ1) is 13.1. The van der Waals surface area contributed by atoms with E-state index in [-0.39, 0.29) is 22.7 Å². The van der Waals surface area contributed by atoms with Gasteiger partial charge in [-0.05, 0) is 24.6 Å². The molecule has 1 atom stereocenters. The van der Waals surface area contributed by atoms with Crippen molar-refractivity contribution in [1.29, 1.82) is 0 Å². The number of amides is 2. The number of rotatable bonds is 2.